The molecule has 0 aliphatic carbocycles. The summed E-state index contributed by atoms with van der Waals surface area (Å²) in [7, 11) is 1.42. The Balaban J connectivity index is 2.79. The third-order valence-corrected chi connectivity index (χ3v) is 1.96. The Kier molecular flexibility index (Phi) is 3.88. The number of hydrogen-bond donors (Lipinski definition) is 3. The fraction of sp³-hybridized carbons (Fsp3) is 0.500. The summed E-state index contributed by atoms with van der Waals surface area (Å²) in [5.41, 5.74) is 0.632. The molecule has 0 aromatic carbocycles. The second-order valence-corrected chi connectivity index (χ2v) is 3.43. The van der Waals surface area contributed by atoms with E-state index in [9.17, 15) is 9.90 Å². The molecular weight excluding hydrogens is 196 g/mol. The Bertz CT molecular complexity index is 310. The number of carbonyl (C=O) groups excluding carboxylic acids is 1. The van der Waals surface area contributed by atoms with Crippen molar-refractivity contribution in [1.29, 1.82) is 0 Å². The highest BCUT2D eigenvalue weighted by Gasteiger charge is 2.16. The lowest BCUT2D eigenvalue weighted by Gasteiger charge is -2.23. The minimum absolute atomic E-state index is 0.0386. The molecule has 0 bridgehead atoms. The molecule has 0 fully saturated rings. The molecule has 0 saturated carbocycles. The number of hydrogen-bond acceptors (Lipinski definition) is 4. The molecular formula is C10H16N2O3. The highest BCUT2D eigenvalue weighted by molar-refractivity contribution is 5.75. The van der Waals surface area contributed by atoms with Crippen LogP contribution in [0.3, 0.4) is 0 Å². The molecule has 0 radical (unpaired) electrons. The third-order valence-electron chi connectivity index (χ3n) is 1.96. The van der Waals surface area contributed by atoms with Crippen molar-refractivity contribution in [3.8, 4) is 0 Å². The summed E-state index contributed by atoms with van der Waals surface area (Å²) in [6.45, 7) is 3.34. The minimum Gasteiger partial charge on any atom is -0.366 e. The Morgan fingerprint density at radius 3 is 2.93 bits per heavy atom. The number of rotatable bonds is 3. The molecule has 0 spiro atoms. The van der Waals surface area contributed by atoms with E-state index in [4.69, 9.17) is 4.74 Å². The Labute approximate surface area is 88.8 Å². The van der Waals surface area contributed by atoms with Crippen LogP contribution in [0.1, 0.15) is 13.8 Å². The fourth-order valence-electron chi connectivity index (χ4n) is 1.38. The lowest BCUT2D eigenvalue weighted by Crippen LogP contribution is -2.37. The monoisotopic (exact) mass is 212 g/mol. The van der Waals surface area contributed by atoms with Crippen molar-refractivity contribution in [2.75, 3.05) is 7.11 Å². The van der Waals surface area contributed by atoms with Gasteiger partial charge >= 0.3 is 0 Å². The molecule has 0 aromatic rings. The summed E-state index contributed by atoms with van der Waals surface area (Å²) >= 11 is 0. The van der Waals surface area contributed by atoms with Gasteiger partial charge in [-0.3, -0.25) is 4.79 Å². The van der Waals surface area contributed by atoms with Gasteiger partial charge in [0.2, 0.25) is 5.91 Å². The van der Waals surface area contributed by atoms with E-state index in [1.165, 1.54) is 14.0 Å². The van der Waals surface area contributed by atoms with Crippen LogP contribution in [0, 0.1) is 0 Å². The first kappa shape index (κ1) is 11.7. The SMILES string of the molecule is COC(O)C1=CC(C)NC(NC(C)=O)=C1. The molecule has 1 heterocycles. The van der Waals surface area contributed by atoms with Gasteiger partial charge in [-0.1, -0.05) is 6.08 Å². The molecule has 1 rings (SSSR count). The van der Waals surface area contributed by atoms with Crippen molar-refractivity contribution in [3.05, 3.63) is 23.5 Å². The molecule has 0 saturated heterocycles. The van der Waals surface area contributed by atoms with E-state index in [1.54, 1.807) is 6.08 Å². The molecule has 1 aliphatic heterocycles. The first-order valence-corrected chi connectivity index (χ1v) is 4.71. The normalized spacial score (nSPS) is 22.3. The van der Waals surface area contributed by atoms with Crippen LogP contribution in [-0.2, 0) is 9.53 Å². The Morgan fingerprint density at radius 1 is 1.73 bits per heavy atom. The molecule has 15 heavy (non-hydrogen) atoms. The van der Waals surface area contributed by atoms with E-state index in [0.29, 0.717) is 11.4 Å². The molecule has 84 valence electrons. The number of ether oxygens (including phenoxy) is 1. The van der Waals surface area contributed by atoms with Crippen molar-refractivity contribution < 1.29 is 14.6 Å². The van der Waals surface area contributed by atoms with Gasteiger partial charge < -0.3 is 20.5 Å². The van der Waals surface area contributed by atoms with E-state index >= 15 is 0 Å². The van der Waals surface area contributed by atoms with Crippen molar-refractivity contribution >= 4 is 5.91 Å². The van der Waals surface area contributed by atoms with Crippen molar-refractivity contribution in [3.63, 3.8) is 0 Å². The predicted octanol–water partition coefficient (Wildman–Crippen LogP) is -0.153. The molecule has 5 nitrogen and oxygen atoms in total. The summed E-state index contributed by atoms with van der Waals surface area (Å²) < 4.78 is 4.79. The quantitative estimate of drug-likeness (QED) is 0.569. The number of dihydropyridines is 1. The van der Waals surface area contributed by atoms with Crippen LogP contribution in [0.4, 0.5) is 0 Å². The average molecular weight is 212 g/mol. The standard InChI is InChI=1S/C10H16N2O3/c1-6-4-8(10(14)15-3)5-9(11-6)12-7(2)13/h4-6,10-11,14H,1-3H3,(H,12,13). The number of methoxy groups -OCH3 is 1. The first-order valence-electron chi connectivity index (χ1n) is 4.71. The second kappa shape index (κ2) is 4.95. The predicted molar refractivity (Wildman–Crippen MR) is 55.6 cm³/mol. The van der Waals surface area contributed by atoms with E-state index in [-0.39, 0.29) is 11.9 Å². The molecule has 2 unspecified atom stereocenters. The van der Waals surface area contributed by atoms with Gasteiger partial charge in [0.1, 0.15) is 5.82 Å². The van der Waals surface area contributed by atoms with Crippen molar-refractivity contribution in [2.45, 2.75) is 26.2 Å². The van der Waals surface area contributed by atoms with Gasteiger partial charge in [0, 0.05) is 25.6 Å². The van der Waals surface area contributed by atoms with Crippen molar-refractivity contribution in [2.24, 2.45) is 0 Å². The summed E-state index contributed by atoms with van der Waals surface area (Å²) in [6.07, 6.45) is 2.52. The minimum atomic E-state index is -0.960. The maximum atomic E-state index is 10.9. The van der Waals surface area contributed by atoms with Gasteiger partial charge in [-0.2, -0.15) is 0 Å². The van der Waals surface area contributed by atoms with Crippen LogP contribution in [0.15, 0.2) is 23.5 Å². The van der Waals surface area contributed by atoms with Crippen LogP contribution >= 0.6 is 0 Å². The molecule has 0 aromatic heterocycles. The van der Waals surface area contributed by atoms with E-state index in [1.807, 2.05) is 13.0 Å². The lowest BCUT2D eigenvalue weighted by atomic mass is 10.1. The van der Waals surface area contributed by atoms with Crippen LogP contribution in [0.25, 0.3) is 0 Å². The fourth-order valence-corrected chi connectivity index (χ4v) is 1.38. The summed E-state index contributed by atoms with van der Waals surface area (Å²) in [6, 6.07) is 0.0386. The van der Waals surface area contributed by atoms with Gasteiger partial charge in [0.05, 0.1) is 0 Å². The summed E-state index contributed by atoms with van der Waals surface area (Å²) in [5, 5.41) is 15.1. The van der Waals surface area contributed by atoms with Gasteiger partial charge in [-0.05, 0) is 13.0 Å². The smallest absolute Gasteiger partial charge is 0.222 e. The molecule has 1 amide bonds. The molecule has 1 aliphatic rings. The number of aliphatic hydroxyl groups excluding tert-OH is 1. The maximum Gasteiger partial charge on any atom is 0.222 e. The highest BCUT2D eigenvalue weighted by atomic mass is 16.6. The average Bonchev–Trinajstić information content (AvgIpc) is 2.14. The Hall–Kier alpha value is -1.33. The van der Waals surface area contributed by atoms with Gasteiger partial charge in [-0.25, -0.2) is 0 Å². The molecule has 5 heteroatoms. The van der Waals surface area contributed by atoms with E-state index in [2.05, 4.69) is 10.6 Å². The largest absolute Gasteiger partial charge is 0.366 e. The summed E-state index contributed by atoms with van der Waals surface area (Å²) in [4.78, 5) is 10.9. The highest BCUT2D eigenvalue weighted by Crippen LogP contribution is 2.13. The van der Waals surface area contributed by atoms with Gasteiger partial charge in [0.25, 0.3) is 0 Å². The van der Waals surface area contributed by atoms with E-state index < -0.39 is 6.29 Å². The third kappa shape index (κ3) is 3.38. The zero-order valence-corrected chi connectivity index (χ0v) is 9.07. The molecule has 3 N–H and O–H groups in total. The maximum absolute atomic E-state index is 10.9. The van der Waals surface area contributed by atoms with Crippen LogP contribution in [-0.4, -0.2) is 30.5 Å². The van der Waals surface area contributed by atoms with Crippen LogP contribution < -0.4 is 10.6 Å². The zero-order chi connectivity index (χ0) is 11.4. The van der Waals surface area contributed by atoms with E-state index in [0.717, 1.165) is 0 Å². The lowest BCUT2D eigenvalue weighted by molar-refractivity contribution is -0.118. The van der Waals surface area contributed by atoms with Crippen LogP contribution in [0.5, 0.6) is 0 Å². The van der Waals surface area contributed by atoms with Gasteiger partial charge in [-0.15, -0.1) is 0 Å². The number of amides is 1. The number of aliphatic hydroxyl groups is 1. The second-order valence-electron chi connectivity index (χ2n) is 3.43. The first-order chi connectivity index (χ1) is 7.02. The summed E-state index contributed by atoms with van der Waals surface area (Å²) in [5.74, 6) is 0.415. The van der Waals surface area contributed by atoms with Gasteiger partial charge in [0.15, 0.2) is 6.29 Å². The van der Waals surface area contributed by atoms with Crippen LogP contribution in [0.2, 0.25) is 0 Å². The Morgan fingerprint density at radius 2 is 2.40 bits per heavy atom. The van der Waals surface area contributed by atoms with Crippen molar-refractivity contribution in [1.82, 2.24) is 10.6 Å². The number of carbonyl (C=O) groups is 1. The topological polar surface area (TPSA) is 70.6 Å². The zero-order valence-electron chi connectivity index (χ0n) is 9.07. The molecule has 2 atom stereocenters. The number of nitrogens with one attached hydrogen (secondary N) is 2.